The minimum absolute atomic E-state index is 0.226. The third-order valence-corrected chi connectivity index (χ3v) is 4.37. The van der Waals surface area contributed by atoms with E-state index in [4.69, 9.17) is 5.11 Å². The van der Waals surface area contributed by atoms with Gasteiger partial charge >= 0.3 is 0 Å². The Morgan fingerprint density at radius 1 is 1.17 bits per heavy atom. The summed E-state index contributed by atoms with van der Waals surface area (Å²) in [5, 5.41) is 24.4. The molecule has 1 amide bonds. The second-order valence-electron chi connectivity index (χ2n) is 5.24. The average Bonchev–Trinajstić information content (AvgIpc) is 3.02. The highest BCUT2D eigenvalue weighted by Gasteiger charge is 2.10. The maximum atomic E-state index is 12.3. The van der Waals surface area contributed by atoms with Crippen LogP contribution >= 0.6 is 11.3 Å². The zero-order chi connectivity index (χ0) is 16.9. The summed E-state index contributed by atoms with van der Waals surface area (Å²) in [4.78, 5) is 16.7. The standard InChI is InChI=1S/C17H17N3O3S/c21-10-13(22)9-18-12-7-5-11(6-8-12)16(23)20-17-19-14-3-1-2-4-15(14)24-17/h1-8,13,18,21-22H,9-10H2,(H,19,20,23). The molecule has 1 unspecified atom stereocenters. The summed E-state index contributed by atoms with van der Waals surface area (Å²) >= 11 is 1.43. The number of aliphatic hydroxyl groups excluding tert-OH is 2. The number of amides is 1. The van der Waals surface area contributed by atoms with E-state index in [1.54, 1.807) is 24.3 Å². The molecular formula is C17H17N3O3S. The van der Waals surface area contributed by atoms with Gasteiger partial charge in [0.25, 0.3) is 5.91 Å². The van der Waals surface area contributed by atoms with Crippen LogP contribution in [0.5, 0.6) is 0 Å². The molecule has 0 aliphatic heterocycles. The van der Waals surface area contributed by atoms with E-state index in [9.17, 15) is 9.90 Å². The van der Waals surface area contributed by atoms with Crippen molar-refractivity contribution in [2.45, 2.75) is 6.10 Å². The molecule has 7 heteroatoms. The number of carbonyl (C=O) groups excluding carboxylic acids is 1. The van der Waals surface area contributed by atoms with Crippen LogP contribution in [0.1, 0.15) is 10.4 Å². The molecule has 0 saturated carbocycles. The molecule has 24 heavy (non-hydrogen) atoms. The molecule has 1 heterocycles. The Bertz CT molecular complexity index is 799. The van der Waals surface area contributed by atoms with E-state index in [2.05, 4.69) is 15.6 Å². The highest BCUT2D eigenvalue weighted by molar-refractivity contribution is 7.22. The van der Waals surface area contributed by atoms with Gasteiger partial charge in [0.2, 0.25) is 0 Å². The van der Waals surface area contributed by atoms with Crippen molar-refractivity contribution in [3.63, 3.8) is 0 Å². The predicted molar refractivity (Wildman–Crippen MR) is 95.6 cm³/mol. The number of benzene rings is 2. The number of para-hydroxylation sites is 1. The molecule has 0 saturated heterocycles. The summed E-state index contributed by atoms with van der Waals surface area (Å²) in [6.45, 7) is -0.0522. The van der Waals surface area contributed by atoms with Crippen molar-refractivity contribution in [2.24, 2.45) is 0 Å². The van der Waals surface area contributed by atoms with E-state index >= 15 is 0 Å². The van der Waals surface area contributed by atoms with E-state index in [-0.39, 0.29) is 19.1 Å². The fourth-order valence-corrected chi connectivity index (χ4v) is 3.00. The van der Waals surface area contributed by atoms with Crippen molar-refractivity contribution in [2.75, 3.05) is 23.8 Å². The number of nitrogens with one attached hydrogen (secondary N) is 2. The molecule has 4 N–H and O–H groups in total. The lowest BCUT2D eigenvalue weighted by Crippen LogP contribution is -2.22. The lowest BCUT2D eigenvalue weighted by Gasteiger charge is -2.10. The Hall–Kier alpha value is -2.48. The first-order valence-electron chi connectivity index (χ1n) is 7.45. The van der Waals surface area contributed by atoms with Crippen LogP contribution in [-0.4, -0.2) is 40.4 Å². The Kier molecular flexibility index (Phi) is 5.05. The van der Waals surface area contributed by atoms with Crippen molar-refractivity contribution in [1.29, 1.82) is 0 Å². The number of aliphatic hydroxyl groups is 2. The van der Waals surface area contributed by atoms with Gasteiger partial charge in [-0.3, -0.25) is 10.1 Å². The first kappa shape index (κ1) is 16.4. The van der Waals surface area contributed by atoms with E-state index in [1.807, 2.05) is 24.3 Å². The van der Waals surface area contributed by atoms with Crippen LogP contribution in [-0.2, 0) is 0 Å². The van der Waals surface area contributed by atoms with Gasteiger partial charge in [-0.05, 0) is 36.4 Å². The van der Waals surface area contributed by atoms with Gasteiger partial charge < -0.3 is 15.5 Å². The largest absolute Gasteiger partial charge is 0.394 e. The summed E-state index contributed by atoms with van der Waals surface area (Å²) in [5.74, 6) is -0.226. The molecule has 0 spiro atoms. The number of nitrogens with zero attached hydrogens (tertiary/aromatic N) is 1. The lowest BCUT2D eigenvalue weighted by molar-refractivity contribution is 0.102. The van der Waals surface area contributed by atoms with E-state index in [1.165, 1.54) is 11.3 Å². The van der Waals surface area contributed by atoms with Gasteiger partial charge in [-0.1, -0.05) is 23.5 Å². The van der Waals surface area contributed by atoms with Crippen LogP contribution < -0.4 is 10.6 Å². The second kappa shape index (κ2) is 7.39. The average molecular weight is 343 g/mol. The predicted octanol–water partition coefficient (Wildman–Crippen LogP) is 2.31. The fraction of sp³-hybridized carbons (Fsp3) is 0.176. The summed E-state index contributed by atoms with van der Waals surface area (Å²) in [6, 6.07) is 14.6. The fourth-order valence-electron chi connectivity index (χ4n) is 2.13. The molecule has 124 valence electrons. The second-order valence-corrected chi connectivity index (χ2v) is 6.27. The minimum Gasteiger partial charge on any atom is -0.394 e. The maximum absolute atomic E-state index is 12.3. The molecule has 3 aromatic rings. The number of hydrogen-bond donors (Lipinski definition) is 4. The molecule has 3 rings (SSSR count). The van der Waals surface area contributed by atoms with Crippen molar-refractivity contribution in [3.05, 3.63) is 54.1 Å². The Morgan fingerprint density at radius 3 is 2.62 bits per heavy atom. The highest BCUT2D eigenvalue weighted by atomic mass is 32.1. The summed E-state index contributed by atoms with van der Waals surface area (Å²) < 4.78 is 1.02. The highest BCUT2D eigenvalue weighted by Crippen LogP contribution is 2.25. The third-order valence-electron chi connectivity index (χ3n) is 3.41. The van der Waals surface area contributed by atoms with Crippen LogP contribution in [0.25, 0.3) is 10.2 Å². The van der Waals surface area contributed by atoms with Gasteiger partial charge in [-0.25, -0.2) is 4.98 Å². The van der Waals surface area contributed by atoms with Crippen LogP contribution in [0, 0.1) is 0 Å². The first-order valence-corrected chi connectivity index (χ1v) is 8.27. The normalized spacial score (nSPS) is 12.1. The number of rotatable bonds is 6. The Balaban J connectivity index is 1.64. The van der Waals surface area contributed by atoms with Crippen molar-refractivity contribution >= 4 is 38.3 Å². The van der Waals surface area contributed by atoms with Gasteiger partial charge in [0.1, 0.15) is 0 Å². The summed E-state index contributed by atoms with van der Waals surface area (Å²) in [5.41, 5.74) is 2.14. The summed E-state index contributed by atoms with van der Waals surface area (Å²) in [7, 11) is 0. The number of carbonyl (C=O) groups is 1. The molecule has 2 aromatic carbocycles. The molecule has 0 bridgehead atoms. The quantitative estimate of drug-likeness (QED) is 0.551. The SMILES string of the molecule is O=C(Nc1nc2ccccc2s1)c1ccc(NCC(O)CO)cc1. The zero-order valence-corrected chi connectivity index (χ0v) is 13.6. The molecule has 0 fully saturated rings. The lowest BCUT2D eigenvalue weighted by atomic mass is 10.2. The molecule has 6 nitrogen and oxygen atoms in total. The number of hydrogen-bond acceptors (Lipinski definition) is 6. The van der Waals surface area contributed by atoms with Crippen LogP contribution in [0.4, 0.5) is 10.8 Å². The Morgan fingerprint density at radius 2 is 1.92 bits per heavy atom. The van der Waals surface area contributed by atoms with Crippen molar-refractivity contribution in [3.8, 4) is 0 Å². The van der Waals surface area contributed by atoms with Crippen molar-refractivity contribution < 1.29 is 15.0 Å². The van der Waals surface area contributed by atoms with Gasteiger partial charge in [0.15, 0.2) is 5.13 Å². The first-order chi connectivity index (χ1) is 11.7. The monoisotopic (exact) mass is 343 g/mol. The van der Waals surface area contributed by atoms with Crippen LogP contribution in [0.2, 0.25) is 0 Å². The van der Waals surface area contributed by atoms with Crippen molar-refractivity contribution in [1.82, 2.24) is 4.98 Å². The van der Waals surface area contributed by atoms with Gasteiger partial charge in [-0.2, -0.15) is 0 Å². The van der Waals surface area contributed by atoms with E-state index in [0.29, 0.717) is 10.7 Å². The number of fused-ring (bicyclic) bond motifs is 1. The Labute approximate surface area is 142 Å². The summed E-state index contributed by atoms with van der Waals surface area (Å²) in [6.07, 6.45) is -0.813. The minimum atomic E-state index is -0.813. The smallest absolute Gasteiger partial charge is 0.257 e. The van der Waals surface area contributed by atoms with Gasteiger partial charge in [0.05, 0.1) is 22.9 Å². The molecule has 0 aliphatic rings. The van der Waals surface area contributed by atoms with Crippen LogP contribution in [0.15, 0.2) is 48.5 Å². The van der Waals surface area contributed by atoms with E-state index < -0.39 is 6.10 Å². The van der Waals surface area contributed by atoms with Gasteiger partial charge in [-0.15, -0.1) is 0 Å². The third kappa shape index (κ3) is 3.88. The molecule has 0 aliphatic carbocycles. The van der Waals surface area contributed by atoms with Gasteiger partial charge in [0, 0.05) is 17.8 Å². The topological polar surface area (TPSA) is 94.5 Å². The molecule has 0 radical (unpaired) electrons. The molecule has 1 aromatic heterocycles. The molecule has 1 atom stereocenters. The maximum Gasteiger partial charge on any atom is 0.257 e. The number of anilines is 2. The van der Waals surface area contributed by atoms with E-state index in [0.717, 1.165) is 15.9 Å². The number of thiazole rings is 1. The number of aromatic nitrogens is 1. The van der Waals surface area contributed by atoms with Crippen LogP contribution in [0.3, 0.4) is 0 Å². The zero-order valence-electron chi connectivity index (χ0n) is 12.8. The molecular weight excluding hydrogens is 326 g/mol.